The first-order valence-electron chi connectivity index (χ1n) is 5.84. The summed E-state index contributed by atoms with van der Waals surface area (Å²) < 4.78 is 0. The first-order chi connectivity index (χ1) is 7.90. The van der Waals surface area contributed by atoms with Gasteiger partial charge in [0.15, 0.2) is 10.8 Å². The maximum absolute atomic E-state index is 10.8. The molecule has 0 spiro atoms. The molecule has 0 saturated carbocycles. The molecule has 17 heavy (non-hydrogen) atoms. The minimum absolute atomic E-state index is 0.141. The Labute approximate surface area is 106 Å². The van der Waals surface area contributed by atoms with Crippen LogP contribution in [-0.4, -0.2) is 29.1 Å². The number of aromatic nitrogens is 1. The monoisotopic (exact) mass is 256 g/mol. The van der Waals surface area contributed by atoms with Crippen molar-refractivity contribution >= 4 is 22.4 Å². The van der Waals surface area contributed by atoms with Crippen LogP contribution in [0.25, 0.3) is 0 Å². The second-order valence-electron chi connectivity index (χ2n) is 5.01. The van der Waals surface area contributed by atoms with Gasteiger partial charge >= 0.3 is 5.97 Å². The molecule has 0 radical (unpaired) electrons. The van der Waals surface area contributed by atoms with Gasteiger partial charge in [0.2, 0.25) is 0 Å². The summed E-state index contributed by atoms with van der Waals surface area (Å²) >= 11 is 1.40. The fourth-order valence-corrected chi connectivity index (χ4v) is 2.44. The lowest BCUT2D eigenvalue weighted by molar-refractivity contribution is 0.0691. The minimum atomic E-state index is -0.957. The normalized spacial score (nSPS) is 11.2. The predicted octanol–water partition coefficient (Wildman–Crippen LogP) is 2.96. The highest BCUT2D eigenvalue weighted by Crippen LogP contribution is 2.22. The molecular formula is C12H20N2O2S. The highest BCUT2D eigenvalue weighted by molar-refractivity contribution is 7.13. The van der Waals surface area contributed by atoms with E-state index >= 15 is 0 Å². The van der Waals surface area contributed by atoms with Crippen LogP contribution in [0, 0.1) is 11.8 Å². The van der Waals surface area contributed by atoms with Gasteiger partial charge in [-0.1, -0.05) is 27.7 Å². The van der Waals surface area contributed by atoms with Crippen LogP contribution in [0.5, 0.6) is 0 Å². The van der Waals surface area contributed by atoms with Crippen molar-refractivity contribution in [3.63, 3.8) is 0 Å². The van der Waals surface area contributed by atoms with Gasteiger partial charge in [-0.2, -0.15) is 0 Å². The van der Waals surface area contributed by atoms with E-state index in [0.717, 1.165) is 18.2 Å². The van der Waals surface area contributed by atoms with Crippen molar-refractivity contribution in [2.75, 3.05) is 18.0 Å². The average Bonchev–Trinajstić information content (AvgIpc) is 2.63. The molecule has 0 fully saturated rings. The van der Waals surface area contributed by atoms with Gasteiger partial charge in [-0.25, -0.2) is 9.78 Å². The van der Waals surface area contributed by atoms with Crippen molar-refractivity contribution in [1.29, 1.82) is 0 Å². The molecule has 0 saturated heterocycles. The van der Waals surface area contributed by atoms with Crippen LogP contribution >= 0.6 is 11.3 Å². The fourth-order valence-electron chi connectivity index (χ4n) is 1.62. The van der Waals surface area contributed by atoms with E-state index in [1.807, 2.05) is 0 Å². The van der Waals surface area contributed by atoms with Crippen LogP contribution in [-0.2, 0) is 0 Å². The number of aromatic carboxylic acids is 1. The SMILES string of the molecule is CC(C)CN(CC(C)C)c1nc(C(=O)O)cs1. The van der Waals surface area contributed by atoms with E-state index in [1.54, 1.807) is 5.38 Å². The standard InChI is InChI=1S/C12H20N2O2S/c1-8(2)5-14(6-9(3)4)12-13-10(7-17-12)11(15)16/h7-9H,5-6H2,1-4H3,(H,15,16). The maximum atomic E-state index is 10.8. The van der Waals surface area contributed by atoms with Crippen LogP contribution < -0.4 is 4.90 Å². The van der Waals surface area contributed by atoms with E-state index in [2.05, 4.69) is 37.6 Å². The Bertz CT molecular complexity index is 364. The topological polar surface area (TPSA) is 53.4 Å². The third-order valence-electron chi connectivity index (χ3n) is 2.15. The number of thiazole rings is 1. The van der Waals surface area contributed by atoms with Crippen LogP contribution in [0.1, 0.15) is 38.2 Å². The van der Waals surface area contributed by atoms with Gasteiger partial charge in [0.25, 0.3) is 0 Å². The molecule has 1 aromatic rings. The van der Waals surface area contributed by atoms with Crippen molar-refractivity contribution in [2.24, 2.45) is 11.8 Å². The van der Waals surface area contributed by atoms with Crippen LogP contribution in [0.15, 0.2) is 5.38 Å². The number of carboxylic acid groups (broad SMARTS) is 1. The molecule has 1 rings (SSSR count). The molecule has 1 aromatic heterocycles. The van der Waals surface area contributed by atoms with E-state index in [4.69, 9.17) is 5.11 Å². The van der Waals surface area contributed by atoms with E-state index in [-0.39, 0.29) is 5.69 Å². The summed E-state index contributed by atoms with van der Waals surface area (Å²) in [6.07, 6.45) is 0. The Hall–Kier alpha value is -1.10. The molecule has 0 atom stereocenters. The van der Waals surface area contributed by atoms with Crippen LogP contribution in [0.3, 0.4) is 0 Å². The third-order valence-corrected chi connectivity index (χ3v) is 3.05. The summed E-state index contributed by atoms with van der Waals surface area (Å²) in [5.74, 6) is 0.110. The van der Waals surface area contributed by atoms with Gasteiger partial charge in [-0.15, -0.1) is 11.3 Å². The zero-order valence-corrected chi connectivity index (χ0v) is 11.6. The van der Waals surface area contributed by atoms with E-state index in [0.29, 0.717) is 11.8 Å². The molecule has 0 aliphatic heterocycles. The fraction of sp³-hybridized carbons (Fsp3) is 0.667. The molecule has 0 bridgehead atoms. The Kier molecular flexibility index (Phi) is 4.93. The van der Waals surface area contributed by atoms with Crippen LogP contribution in [0.2, 0.25) is 0 Å². The summed E-state index contributed by atoms with van der Waals surface area (Å²) in [7, 11) is 0. The van der Waals surface area contributed by atoms with Gasteiger partial charge in [-0.05, 0) is 11.8 Å². The van der Waals surface area contributed by atoms with Crippen molar-refractivity contribution in [1.82, 2.24) is 4.98 Å². The minimum Gasteiger partial charge on any atom is -0.476 e. The summed E-state index contributed by atoms with van der Waals surface area (Å²) in [6, 6.07) is 0. The molecule has 96 valence electrons. The van der Waals surface area contributed by atoms with Gasteiger partial charge in [0, 0.05) is 18.5 Å². The number of hydrogen-bond acceptors (Lipinski definition) is 4. The number of carboxylic acids is 1. The summed E-state index contributed by atoms with van der Waals surface area (Å²) in [4.78, 5) is 17.1. The van der Waals surface area contributed by atoms with Crippen LogP contribution in [0.4, 0.5) is 5.13 Å². The average molecular weight is 256 g/mol. The number of rotatable bonds is 6. The maximum Gasteiger partial charge on any atom is 0.355 e. The molecule has 0 aromatic carbocycles. The molecular weight excluding hydrogens is 236 g/mol. The second kappa shape index (κ2) is 6.00. The molecule has 5 heteroatoms. The van der Waals surface area contributed by atoms with E-state index in [1.165, 1.54) is 11.3 Å². The summed E-state index contributed by atoms with van der Waals surface area (Å²) in [5, 5.41) is 11.3. The molecule has 4 nitrogen and oxygen atoms in total. The Balaban J connectivity index is 2.83. The van der Waals surface area contributed by atoms with Crippen molar-refractivity contribution in [3.05, 3.63) is 11.1 Å². The van der Waals surface area contributed by atoms with Gasteiger partial charge in [-0.3, -0.25) is 0 Å². The number of anilines is 1. The third kappa shape index (κ3) is 4.34. The molecule has 0 aliphatic rings. The first-order valence-corrected chi connectivity index (χ1v) is 6.72. The number of nitrogens with zero attached hydrogens (tertiary/aromatic N) is 2. The lowest BCUT2D eigenvalue weighted by Gasteiger charge is -2.25. The van der Waals surface area contributed by atoms with Crippen molar-refractivity contribution < 1.29 is 9.90 Å². The molecule has 1 N–H and O–H groups in total. The van der Waals surface area contributed by atoms with Gasteiger partial charge in [0.1, 0.15) is 0 Å². The number of hydrogen-bond donors (Lipinski definition) is 1. The Morgan fingerprint density at radius 2 is 1.88 bits per heavy atom. The first kappa shape index (κ1) is 14.0. The Morgan fingerprint density at radius 1 is 1.35 bits per heavy atom. The van der Waals surface area contributed by atoms with E-state index < -0.39 is 5.97 Å². The highest BCUT2D eigenvalue weighted by atomic mass is 32.1. The molecule has 0 unspecified atom stereocenters. The largest absolute Gasteiger partial charge is 0.476 e. The molecule has 0 amide bonds. The van der Waals surface area contributed by atoms with E-state index in [9.17, 15) is 4.79 Å². The lowest BCUT2D eigenvalue weighted by atomic mass is 10.1. The lowest BCUT2D eigenvalue weighted by Crippen LogP contribution is -2.31. The molecule has 1 heterocycles. The van der Waals surface area contributed by atoms with Gasteiger partial charge in [0.05, 0.1) is 0 Å². The second-order valence-corrected chi connectivity index (χ2v) is 5.85. The highest BCUT2D eigenvalue weighted by Gasteiger charge is 2.16. The summed E-state index contributed by atoms with van der Waals surface area (Å²) in [5.41, 5.74) is 0.141. The number of carbonyl (C=O) groups is 1. The van der Waals surface area contributed by atoms with Crippen molar-refractivity contribution in [2.45, 2.75) is 27.7 Å². The van der Waals surface area contributed by atoms with Gasteiger partial charge < -0.3 is 10.0 Å². The quantitative estimate of drug-likeness (QED) is 0.850. The molecule has 0 aliphatic carbocycles. The zero-order valence-electron chi connectivity index (χ0n) is 10.8. The van der Waals surface area contributed by atoms with Crippen molar-refractivity contribution in [3.8, 4) is 0 Å². The smallest absolute Gasteiger partial charge is 0.355 e. The summed E-state index contributed by atoms with van der Waals surface area (Å²) in [6.45, 7) is 10.4. The Morgan fingerprint density at radius 3 is 2.24 bits per heavy atom. The predicted molar refractivity (Wildman–Crippen MR) is 71.0 cm³/mol. The zero-order chi connectivity index (χ0) is 13.0.